The van der Waals surface area contributed by atoms with Gasteiger partial charge >= 0.3 is 0 Å². The van der Waals surface area contributed by atoms with Crippen LogP contribution in [-0.2, 0) is 9.63 Å². The third-order valence-corrected chi connectivity index (χ3v) is 0.651. The summed E-state index contributed by atoms with van der Waals surface area (Å²) in [6.07, 6.45) is 0.472. The van der Waals surface area contributed by atoms with Gasteiger partial charge in [0.15, 0.2) is 0 Å². The lowest BCUT2D eigenvalue weighted by Crippen LogP contribution is -2.22. The minimum Gasteiger partial charge on any atom is -0.274 e. The molecule has 0 spiro atoms. The summed E-state index contributed by atoms with van der Waals surface area (Å²) in [6, 6.07) is 0. The highest BCUT2D eigenvalue weighted by molar-refractivity contribution is 5.74. The van der Waals surface area contributed by atoms with Crippen molar-refractivity contribution in [2.75, 3.05) is 6.61 Å². The molecule has 0 aromatic heterocycles. The molecule has 0 radical (unpaired) electrons. The highest BCUT2D eigenvalue weighted by Crippen LogP contribution is 1.73. The van der Waals surface area contributed by atoms with Gasteiger partial charge in [-0.25, -0.2) is 5.48 Å². The van der Waals surface area contributed by atoms with Crippen molar-refractivity contribution >= 4 is 5.91 Å². The molecule has 0 heterocycles. The number of hydroxylamine groups is 1. The molecule has 0 aliphatic carbocycles. The average molecular weight is 117 g/mol. The van der Waals surface area contributed by atoms with Crippen molar-refractivity contribution in [3.8, 4) is 0 Å². The normalized spacial score (nSPS) is 8.75. The summed E-state index contributed by atoms with van der Waals surface area (Å²) in [6.45, 7) is 4.11. The molecule has 0 aromatic rings. The first-order valence-corrected chi connectivity index (χ1v) is 2.71. The molecule has 0 aliphatic rings. The molecule has 0 bridgehead atoms. The highest BCUT2D eigenvalue weighted by atomic mass is 16.6. The third-order valence-electron chi connectivity index (χ3n) is 0.651. The molecule has 0 aliphatic heterocycles. The Kier molecular flexibility index (Phi) is 4.26. The van der Waals surface area contributed by atoms with E-state index in [4.69, 9.17) is 0 Å². The van der Waals surface area contributed by atoms with Crippen LogP contribution >= 0.6 is 0 Å². The molecule has 0 unspecified atom stereocenters. The van der Waals surface area contributed by atoms with E-state index in [1.54, 1.807) is 6.92 Å². The second kappa shape index (κ2) is 4.59. The maximum absolute atomic E-state index is 10.3. The Balaban J connectivity index is 2.99. The number of nitrogens with one attached hydrogen (secondary N) is 1. The number of carbonyl (C=O) groups excluding carboxylic acids is 1. The highest BCUT2D eigenvalue weighted by Gasteiger charge is 1.91. The largest absolute Gasteiger partial charge is 0.274 e. The Morgan fingerprint density at radius 3 is 2.62 bits per heavy atom. The second-order valence-corrected chi connectivity index (χ2v) is 1.31. The lowest BCUT2D eigenvalue weighted by molar-refractivity contribution is -0.132. The Morgan fingerprint density at radius 2 is 2.25 bits per heavy atom. The summed E-state index contributed by atoms with van der Waals surface area (Å²) in [7, 11) is 0. The van der Waals surface area contributed by atoms with Crippen LogP contribution in [0.4, 0.5) is 0 Å². The molecule has 8 heavy (non-hydrogen) atoms. The summed E-state index contributed by atoms with van der Waals surface area (Å²) in [5.41, 5.74) is 2.24. The van der Waals surface area contributed by atoms with E-state index in [0.29, 0.717) is 13.0 Å². The summed E-state index contributed by atoms with van der Waals surface area (Å²) >= 11 is 0. The van der Waals surface area contributed by atoms with E-state index in [1.165, 1.54) is 0 Å². The van der Waals surface area contributed by atoms with Gasteiger partial charge in [0.1, 0.15) is 0 Å². The standard InChI is InChI=1S/C5H11NO2/c1-3-5(7)6-8-4-2/h3-4H2,1-2H3,(H,6,7). The van der Waals surface area contributed by atoms with Gasteiger partial charge in [-0.05, 0) is 6.92 Å². The van der Waals surface area contributed by atoms with Crippen LogP contribution in [0.3, 0.4) is 0 Å². The Hall–Kier alpha value is -0.570. The fourth-order valence-electron chi connectivity index (χ4n) is 0.225. The lowest BCUT2D eigenvalue weighted by Gasteiger charge is -1.98. The van der Waals surface area contributed by atoms with Crippen molar-refractivity contribution < 1.29 is 9.63 Å². The van der Waals surface area contributed by atoms with Gasteiger partial charge in [-0.2, -0.15) is 0 Å². The van der Waals surface area contributed by atoms with Gasteiger partial charge in [0.2, 0.25) is 5.91 Å². The van der Waals surface area contributed by atoms with Gasteiger partial charge in [-0.1, -0.05) is 6.92 Å². The van der Waals surface area contributed by atoms with Crippen LogP contribution in [0.25, 0.3) is 0 Å². The molecular weight excluding hydrogens is 106 g/mol. The summed E-state index contributed by atoms with van der Waals surface area (Å²) in [5, 5.41) is 0. The van der Waals surface area contributed by atoms with E-state index in [-0.39, 0.29) is 5.91 Å². The zero-order chi connectivity index (χ0) is 6.41. The van der Waals surface area contributed by atoms with Crippen LogP contribution in [0.15, 0.2) is 0 Å². The van der Waals surface area contributed by atoms with E-state index in [0.717, 1.165) is 0 Å². The van der Waals surface area contributed by atoms with Crippen molar-refractivity contribution in [1.82, 2.24) is 5.48 Å². The number of carbonyl (C=O) groups is 1. The molecule has 1 amide bonds. The Labute approximate surface area is 49.0 Å². The third kappa shape index (κ3) is 3.61. The molecule has 0 aromatic carbocycles. The van der Waals surface area contributed by atoms with E-state index < -0.39 is 0 Å². The van der Waals surface area contributed by atoms with Crippen LogP contribution < -0.4 is 5.48 Å². The molecule has 0 saturated heterocycles. The first kappa shape index (κ1) is 7.43. The predicted molar refractivity (Wildman–Crippen MR) is 30.1 cm³/mol. The molecule has 0 fully saturated rings. The molecular formula is C5H11NO2. The zero-order valence-electron chi connectivity index (χ0n) is 5.23. The molecule has 3 heteroatoms. The minimum absolute atomic E-state index is 0.0770. The van der Waals surface area contributed by atoms with Crippen molar-refractivity contribution in [1.29, 1.82) is 0 Å². The quantitative estimate of drug-likeness (QED) is 0.545. The van der Waals surface area contributed by atoms with E-state index in [9.17, 15) is 4.79 Å². The van der Waals surface area contributed by atoms with Gasteiger partial charge in [0.25, 0.3) is 0 Å². The van der Waals surface area contributed by atoms with Crippen LogP contribution in [0.5, 0.6) is 0 Å². The van der Waals surface area contributed by atoms with Crippen molar-refractivity contribution in [2.45, 2.75) is 20.3 Å². The molecule has 0 rings (SSSR count). The van der Waals surface area contributed by atoms with Gasteiger partial charge in [0, 0.05) is 6.42 Å². The van der Waals surface area contributed by atoms with Crippen molar-refractivity contribution in [2.24, 2.45) is 0 Å². The molecule has 1 N–H and O–H groups in total. The van der Waals surface area contributed by atoms with E-state index in [2.05, 4.69) is 10.3 Å². The fourth-order valence-corrected chi connectivity index (χ4v) is 0.225. The number of hydrogen-bond acceptors (Lipinski definition) is 2. The average Bonchev–Trinajstić information content (AvgIpc) is 1.83. The first-order valence-electron chi connectivity index (χ1n) is 2.71. The predicted octanol–water partition coefficient (Wildman–Crippen LogP) is 0.464. The number of amides is 1. The van der Waals surface area contributed by atoms with Crippen molar-refractivity contribution in [3.05, 3.63) is 0 Å². The van der Waals surface area contributed by atoms with Gasteiger partial charge in [-0.15, -0.1) is 0 Å². The molecule has 48 valence electrons. The second-order valence-electron chi connectivity index (χ2n) is 1.31. The smallest absolute Gasteiger partial charge is 0.243 e. The number of rotatable bonds is 3. The summed E-state index contributed by atoms with van der Waals surface area (Å²) in [4.78, 5) is 14.9. The fraction of sp³-hybridized carbons (Fsp3) is 0.800. The maximum Gasteiger partial charge on any atom is 0.243 e. The molecule has 0 saturated carbocycles. The lowest BCUT2D eigenvalue weighted by atomic mass is 10.5. The topological polar surface area (TPSA) is 38.3 Å². The van der Waals surface area contributed by atoms with Crippen LogP contribution in [-0.4, -0.2) is 12.5 Å². The summed E-state index contributed by atoms with van der Waals surface area (Å²) in [5.74, 6) is -0.0770. The van der Waals surface area contributed by atoms with Crippen LogP contribution in [0.1, 0.15) is 20.3 Å². The Morgan fingerprint density at radius 1 is 1.62 bits per heavy atom. The summed E-state index contributed by atoms with van der Waals surface area (Å²) < 4.78 is 0. The van der Waals surface area contributed by atoms with Crippen LogP contribution in [0.2, 0.25) is 0 Å². The Bertz CT molecular complexity index is 72.8. The SMILES string of the molecule is CCONC(=O)CC. The van der Waals surface area contributed by atoms with E-state index in [1.807, 2.05) is 6.92 Å². The van der Waals surface area contributed by atoms with Gasteiger partial charge in [-0.3, -0.25) is 9.63 Å². The zero-order valence-corrected chi connectivity index (χ0v) is 5.23. The van der Waals surface area contributed by atoms with Crippen molar-refractivity contribution in [3.63, 3.8) is 0 Å². The monoisotopic (exact) mass is 117 g/mol. The van der Waals surface area contributed by atoms with Gasteiger partial charge < -0.3 is 0 Å². The maximum atomic E-state index is 10.3. The first-order chi connectivity index (χ1) is 3.81. The molecule has 0 atom stereocenters. The van der Waals surface area contributed by atoms with Gasteiger partial charge in [0.05, 0.1) is 6.61 Å². The molecule has 3 nitrogen and oxygen atoms in total. The minimum atomic E-state index is -0.0770. The van der Waals surface area contributed by atoms with E-state index >= 15 is 0 Å². The van der Waals surface area contributed by atoms with Crippen LogP contribution in [0, 0.1) is 0 Å². The number of hydrogen-bond donors (Lipinski definition) is 1.